The number of carbonyl (C=O) groups excluding carboxylic acids is 1. The van der Waals surface area contributed by atoms with Crippen molar-refractivity contribution in [2.75, 3.05) is 13.1 Å². The average molecular weight is 281 g/mol. The summed E-state index contributed by atoms with van der Waals surface area (Å²) in [6.07, 6.45) is 2.87. The molecule has 5 heteroatoms. The van der Waals surface area contributed by atoms with E-state index in [0.717, 1.165) is 30.5 Å². The number of carbonyl (C=O) groups is 2. The summed E-state index contributed by atoms with van der Waals surface area (Å²) in [6.45, 7) is 3.44. The lowest BCUT2D eigenvalue weighted by molar-refractivity contribution is -0.137. The Morgan fingerprint density at radius 2 is 2.26 bits per heavy atom. The summed E-state index contributed by atoms with van der Waals surface area (Å²) in [5.41, 5.74) is 1.83. The summed E-state index contributed by atoms with van der Waals surface area (Å²) >= 11 is 1.55. The molecule has 0 aromatic carbocycles. The second-order valence-corrected chi connectivity index (χ2v) is 5.90. The number of carboxylic acids is 1. The largest absolute Gasteiger partial charge is 0.481 e. The van der Waals surface area contributed by atoms with E-state index < -0.39 is 5.97 Å². The van der Waals surface area contributed by atoms with E-state index in [1.54, 1.807) is 11.3 Å². The molecule has 1 aromatic rings. The number of aliphatic carboxylic acids is 1. The summed E-state index contributed by atoms with van der Waals surface area (Å²) in [5.74, 6) is -0.330. The zero-order valence-electron chi connectivity index (χ0n) is 11.1. The van der Waals surface area contributed by atoms with Crippen LogP contribution in [0.3, 0.4) is 0 Å². The van der Waals surface area contributed by atoms with E-state index in [1.807, 2.05) is 22.6 Å². The standard InChI is InChI=1S/C14H19NO3S/c1-10-8-19-9-12(10)14(18)15-6-2-3-11(7-15)4-5-13(16)17/h8-9,11H,2-7H2,1H3,(H,16,17). The highest BCUT2D eigenvalue weighted by atomic mass is 32.1. The number of carboxylic acid groups (broad SMARTS) is 1. The predicted octanol–water partition coefficient (Wildman–Crippen LogP) is 2.77. The molecule has 1 aromatic heterocycles. The van der Waals surface area contributed by atoms with Crippen LogP contribution in [0.15, 0.2) is 10.8 Å². The third-order valence-electron chi connectivity index (χ3n) is 3.66. The molecule has 0 spiro atoms. The number of piperidine rings is 1. The van der Waals surface area contributed by atoms with Crippen molar-refractivity contribution in [3.05, 3.63) is 21.9 Å². The lowest BCUT2D eigenvalue weighted by Crippen LogP contribution is -2.40. The first kappa shape index (κ1) is 14.1. The van der Waals surface area contributed by atoms with Gasteiger partial charge in [-0.3, -0.25) is 9.59 Å². The lowest BCUT2D eigenvalue weighted by Gasteiger charge is -2.32. The molecule has 19 heavy (non-hydrogen) atoms. The monoisotopic (exact) mass is 281 g/mol. The van der Waals surface area contributed by atoms with Crippen LogP contribution in [0.25, 0.3) is 0 Å². The summed E-state index contributed by atoms with van der Waals surface area (Å²) in [6, 6.07) is 0. The van der Waals surface area contributed by atoms with Gasteiger partial charge in [-0.05, 0) is 43.0 Å². The summed E-state index contributed by atoms with van der Waals surface area (Å²) in [7, 11) is 0. The van der Waals surface area contributed by atoms with Crippen LogP contribution in [0.1, 0.15) is 41.6 Å². The molecule has 4 nitrogen and oxygen atoms in total. The third-order valence-corrected chi connectivity index (χ3v) is 4.52. The molecule has 1 aliphatic heterocycles. The van der Waals surface area contributed by atoms with Gasteiger partial charge in [0, 0.05) is 24.9 Å². The molecular formula is C14H19NO3S. The molecular weight excluding hydrogens is 262 g/mol. The number of rotatable bonds is 4. The quantitative estimate of drug-likeness (QED) is 0.923. The van der Waals surface area contributed by atoms with Crippen molar-refractivity contribution in [2.45, 2.75) is 32.6 Å². The van der Waals surface area contributed by atoms with Crippen molar-refractivity contribution in [1.82, 2.24) is 4.90 Å². The minimum atomic E-state index is -0.753. The molecule has 2 heterocycles. The second kappa shape index (κ2) is 6.19. The van der Waals surface area contributed by atoms with Gasteiger partial charge in [0.25, 0.3) is 5.91 Å². The van der Waals surface area contributed by atoms with Crippen molar-refractivity contribution in [3.8, 4) is 0 Å². The van der Waals surface area contributed by atoms with Crippen LogP contribution >= 0.6 is 11.3 Å². The van der Waals surface area contributed by atoms with Gasteiger partial charge in [0.15, 0.2) is 0 Å². The number of amides is 1. The van der Waals surface area contributed by atoms with Gasteiger partial charge in [-0.1, -0.05) is 0 Å². The number of nitrogens with zero attached hydrogens (tertiary/aromatic N) is 1. The number of hydrogen-bond donors (Lipinski definition) is 1. The maximum Gasteiger partial charge on any atom is 0.303 e. The van der Waals surface area contributed by atoms with Crippen molar-refractivity contribution in [3.63, 3.8) is 0 Å². The first-order chi connectivity index (χ1) is 9.08. The van der Waals surface area contributed by atoms with Gasteiger partial charge >= 0.3 is 5.97 Å². The molecule has 1 fully saturated rings. The summed E-state index contributed by atoms with van der Waals surface area (Å²) in [4.78, 5) is 24.9. The molecule has 1 N–H and O–H groups in total. The topological polar surface area (TPSA) is 57.6 Å². The van der Waals surface area contributed by atoms with Gasteiger partial charge in [-0.15, -0.1) is 0 Å². The van der Waals surface area contributed by atoms with Crippen molar-refractivity contribution < 1.29 is 14.7 Å². The third kappa shape index (κ3) is 3.56. The molecule has 0 bridgehead atoms. The molecule has 1 saturated heterocycles. The normalized spacial score (nSPS) is 19.4. The summed E-state index contributed by atoms with van der Waals surface area (Å²) in [5, 5.41) is 12.6. The highest BCUT2D eigenvalue weighted by Gasteiger charge is 2.25. The minimum absolute atomic E-state index is 0.0961. The van der Waals surface area contributed by atoms with E-state index in [2.05, 4.69) is 0 Å². The first-order valence-corrected chi connectivity index (χ1v) is 7.56. The fourth-order valence-corrected chi connectivity index (χ4v) is 3.38. The first-order valence-electron chi connectivity index (χ1n) is 6.61. The van der Waals surface area contributed by atoms with Gasteiger partial charge in [0.2, 0.25) is 0 Å². The van der Waals surface area contributed by atoms with Crippen LogP contribution in [0.4, 0.5) is 0 Å². The van der Waals surface area contributed by atoms with Gasteiger partial charge in [0.05, 0.1) is 5.56 Å². The molecule has 1 atom stereocenters. The SMILES string of the molecule is Cc1cscc1C(=O)N1CCCC(CCC(=O)O)C1. The lowest BCUT2D eigenvalue weighted by atomic mass is 9.93. The van der Waals surface area contributed by atoms with E-state index in [0.29, 0.717) is 18.9 Å². The summed E-state index contributed by atoms with van der Waals surface area (Å²) < 4.78 is 0. The number of hydrogen-bond acceptors (Lipinski definition) is 3. The van der Waals surface area contributed by atoms with Crippen molar-refractivity contribution in [2.24, 2.45) is 5.92 Å². The Kier molecular flexibility index (Phi) is 4.58. The highest BCUT2D eigenvalue weighted by Crippen LogP contribution is 2.24. The highest BCUT2D eigenvalue weighted by molar-refractivity contribution is 7.08. The zero-order chi connectivity index (χ0) is 13.8. The maximum atomic E-state index is 12.4. The van der Waals surface area contributed by atoms with Gasteiger partial charge in [-0.2, -0.15) is 11.3 Å². The molecule has 0 aliphatic carbocycles. The molecule has 2 rings (SSSR count). The number of aryl methyl sites for hydroxylation is 1. The fraction of sp³-hybridized carbons (Fsp3) is 0.571. The predicted molar refractivity (Wildman–Crippen MR) is 74.6 cm³/mol. The van der Waals surface area contributed by atoms with E-state index in [4.69, 9.17) is 5.11 Å². The van der Waals surface area contributed by atoms with Crippen LogP contribution in [0.5, 0.6) is 0 Å². The maximum absolute atomic E-state index is 12.4. The van der Waals surface area contributed by atoms with Crippen LogP contribution < -0.4 is 0 Å². The molecule has 0 saturated carbocycles. The molecule has 104 valence electrons. The Balaban J connectivity index is 1.95. The Morgan fingerprint density at radius 1 is 1.47 bits per heavy atom. The van der Waals surface area contributed by atoms with E-state index in [1.165, 1.54) is 0 Å². The number of likely N-dealkylation sites (tertiary alicyclic amines) is 1. The Bertz CT molecular complexity index is 469. The van der Waals surface area contributed by atoms with Crippen LogP contribution in [0.2, 0.25) is 0 Å². The van der Waals surface area contributed by atoms with Crippen LogP contribution in [-0.2, 0) is 4.79 Å². The second-order valence-electron chi connectivity index (χ2n) is 5.16. The number of thiophene rings is 1. The van der Waals surface area contributed by atoms with E-state index in [9.17, 15) is 9.59 Å². The Hall–Kier alpha value is -1.36. The van der Waals surface area contributed by atoms with Crippen LogP contribution in [0, 0.1) is 12.8 Å². The van der Waals surface area contributed by atoms with Gasteiger partial charge < -0.3 is 10.0 Å². The average Bonchev–Trinajstić information content (AvgIpc) is 2.82. The molecule has 1 amide bonds. The van der Waals surface area contributed by atoms with Gasteiger partial charge in [-0.25, -0.2) is 0 Å². The molecule has 0 radical (unpaired) electrons. The molecule has 1 aliphatic rings. The smallest absolute Gasteiger partial charge is 0.303 e. The Labute approximate surface area is 117 Å². The Morgan fingerprint density at radius 3 is 2.89 bits per heavy atom. The van der Waals surface area contributed by atoms with Gasteiger partial charge in [0.1, 0.15) is 0 Å². The van der Waals surface area contributed by atoms with Crippen LogP contribution in [-0.4, -0.2) is 35.0 Å². The molecule has 1 unspecified atom stereocenters. The fourth-order valence-electron chi connectivity index (χ4n) is 2.56. The van der Waals surface area contributed by atoms with E-state index in [-0.39, 0.29) is 12.3 Å². The van der Waals surface area contributed by atoms with Crippen molar-refractivity contribution >= 4 is 23.2 Å². The van der Waals surface area contributed by atoms with E-state index >= 15 is 0 Å². The zero-order valence-corrected chi connectivity index (χ0v) is 11.9. The minimum Gasteiger partial charge on any atom is -0.481 e. The van der Waals surface area contributed by atoms with Crippen molar-refractivity contribution in [1.29, 1.82) is 0 Å².